The van der Waals surface area contributed by atoms with E-state index in [9.17, 15) is 8.42 Å². The molecule has 0 N–H and O–H groups in total. The SMILES string of the molecule is COc1ccc(S(=O)(=O)N2CCN(c3cc(C)c4cccc(OC)c4n3)CC2)cc1OC. The van der Waals surface area contributed by atoms with Gasteiger partial charge in [0, 0.05) is 37.6 Å². The van der Waals surface area contributed by atoms with Crippen LogP contribution in [0.3, 0.4) is 0 Å². The molecule has 3 aromatic rings. The van der Waals surface area contributed by atoms with E-state index in [-0.39, 0.29) is 4.90 Å². The first-order valence-corrected chi connectivity index (χ1v) is 11.7. The molecule has 1 aliphatic rings. The van der Waals surface area contributed by atoms with Crippen LogP contribution >= 0.6 is 0 Å². The highest BCUT2D eigenvalue weighted by atomic mass is 32.2. The van der Waals surface area contributed by atoms with Crippen LogP contribution in [0.15, 0.2) is 47.4 Å². The largest absolute Gasteiger partial charge is 0.494 e. The summed E-state index contributed by atoms with van der Waals surface area (Å²) < 4.78 is 43.8. The van der Waals surface area contributed by atoms with E-state index in [2.05, 4.69) is 4.90 Å². The van der Waals surface area contributed by atoms with Gasteiger partial charge in [-0.15, -0.1) is 0 Å². The van der Waals surface area contributed by atoms with Gasteiger partial charge in [0.1, 0.15) is 17.1 Å². The minimum atomic E-state index is -3.65. The summed E-state index contributed by atoms with van der Waals surface area (Å²) in [5.74, 6) is 2.42. The Balaban J connectivity index is 1.55. The van der Waals surface area contributed by atoms with Crippen LogP contribution in [0, 0.1) is 6.92 Å². The van der Waals surface area contributed by atoms with Crippen molar-refractivity contribution in [2.45, 2.75) is 11.8 Å². The second-order valence-corrected chi connectivity index (χ2v) is 9.50. The number of fused-ring (bicyclic) bond motifs is 1. The van der Waals surface area contributed by atoms with Crippen LogP contribution in [0.2, 0.25) is 0 Å². The summed E-state index contributed by atoms with van der Waals surface area (Å²) in [4.78, 5) is 7.12. The number of aromatic nitrogens is 1. The number of hydrogen-bond acceptors (Lipinski definition) is 7. The van der Waals surface area contributed by atoms with Crippen molar-refractivity contribution >= 4 is 26.7 Å². The van der Waals surface area contributed by atoms with Crippen molar-refractivity contribution in [3.05, 3.63) is 48.0 Å². The van der Waals surface area contributed by atoms with Crippen LogP contribution in [-0.2, 0) is 10.0 Å². The smallest absolute Gasteiger partial charge is 0.243 e. The minimum absolute atomic E-state index is 0.188. The van der Waals surface area contributed by atoms with Gasteiger partial charge in [-0.3, -0.25) is 0 Å². The maximum Gasteiger partial charge on any atom is 0.243 e. The standard InChI is InChI=1S/C23H27N3O5S/c1-16-14-22(24-23-18(16)6-5-7-20(23)30-3)25-10-12-26(13-11-25)32(27,28)17-8-9-19(29-2)21(15-17)31-4/h5-9,14-15H,10-13H2,1-4H3. The Morgan fingerprint density at radius 1 is 0.844 bits per heavy atom. The molecule has 2 heterocycles. The zero-order valence-electron chi connectivity index (χ0n) is 18.7. The quantitative estimate of drug-likeness (QED) is 0.563. The van der Waals surface area contributed by atoms with E-state index >= 15 is 0 Å². The molecule has 1 aromatic heterocycles. The summed E-state index contributed by atoms with van der Waals surface area (Å²) in [5.41, 5.74) is 1.91. The highest BCUT2D eigenvalue weighted by molar-refractivity contribution is 7.89. The van der Waals surface area contributed by atoms with E-state index in [4.69, 9.17) is 19.2 Å². The molecular formula is C23H27N3O5S. The summed E-state index contributed by atoms with van der Waals surface area (Å²) >= 11 is 0. The Labute approximate surface area is 188 Å². The van der Waals surface area contributed by atoms with Crippen molar-refractivity contribution in [2.24, 2.45) is 0 Å². The number of nitrogens with zero attached hydrogens (tertiary/aromatic N) is 3. The molecule has 0 radical (unpaired) electrons. The van der Waals surface area contributed by atoms with Crippen LogP contribution in [0.4, 0.5) is 5.82 Å². The van der Waals surface area contributed by atoms with Gasteiger partial charge in [0.05, 0.1) is 26.2 Å². The highest BCUT2D eigenvalue weighted by Crippen LogP contribution is 2.32. The predicted molar refractivity (Wildman–Crippen MR) is 124 cm³/mol. The second kappa shape index (κ2) is 8.84. The van der Waals surface area contributed by atoms with Crippen LogP contribution < -0.4 is 19.1 Å². The number of pyridine rings is 1. The molecule has 0 amide bonds. The number of methoxy groups -OCH3 is 3. The molecule has 0 saturated carbocycles. The predicted octanol–water partition coefficient (Wildman–Crippen LogP) is 3.08. The molecule has 1 fully saturated rings. The normalized spacial score (nSPS) is 15.1. The Bertz CT molecular complexity index is 1240. The molecular weight excluding hydrogens is 430 g/mol. The third kappa shape index (κ3) is 3.93. The third-order valence-electron chi connectivity index (χ3n) is 5.77. The molecule has 32 heavy (non-hydrogen) atoms. The van der Waals surface area contributed by atoms with Crippen LogP contribution in [0.25, 0.3) is 10.9 Å². The van der Waals surface area contributed by atoms with E-state index < -0.39 is 10.0 Å². The second-order valence-electron chi connectivity index (χ2n) is 7.56. The van der Waals surface area contributed by atoms with Gasteiger partial charge in [-0.05, 0) is 36.8 Å². The first-order valence-electron chi connectivity index (χ1n) is 10.3. The summed E-state index contributed by atoms with van der Waals surface area (Å²) in [6.07, 6.45) is 0. The molecule has 0 unspecified atom stereocenters. The average Bonchev–Trinajstić information content (AvgIpc) is 2.83. The summed E-state index contributed by atoms with van der Waals surface area (Å²) in [5, 5.41) is 1.04. The van der Waals surface area contributed by atoms with Crippen LogP contribution in [0.5, 0.6) is 17.2 Å². The van der Waals surface area contributed by atoms with Crippen molar-refractivity contribution in [2.75, 3.05) is 52.4 Å². The fraction of sp³-hybridized carbons (Fsp3) is 0.348. The number of ether oxygens (including phenoxy) is 3. The Kier molecular flexibility index (Phi) is 6.12. The van der Waals surface area contributed by atoms with Gasteiger partial charge >= 0.3 is 0 Å². The molecule has 1 saturated heterocycles. The van der Waals surface area contributed by atoms with Gasteiger partial charge in [-0.25, -0.2) is 13.4 Å². The Hall–Kier alpha value is -3.04. The molecule has 170 valence electrons. The molecule has 8 nitrogen and oxygen atoms in total. The first-order chi connectivity index (χ1) is 15.4. The lowest BCUT2D eigenvalue weighted by Crippen LogP contribution is -2.48. The first kappa shape index (κ1) is 22.2. The fourth-order valence-electron chi connectivity index (χ4n) is 3.98. The zero-order chi connectivity index (χ0) is 22.9. The lowest BCUT2D eigenvalue weighted by Gasteiger charge is -2.35. The summed E-state index contributed by atoms with van der Waals surface area (Å²) in [6, 6.07) is 12.6. The number of rotatable bonds is 6. The van der Waals surface area contributed by atoms with Crippen LogP contribution in [-0.4, -0.2) is 65.2 Å². The third-order valence-corrected chi connectivity index (χ3v) is 7.67. The topological polar surface area (TPSA) is 81.2 Å². The van der Waals surface area contributed by atoms with Gasteiger partial charge < -0.3 is 19.1 Å². The lowest BCUT2D eigenvalue weighted by molar-refractivity contribution is 0.353. The number of piperazine rings is 1. The number of benzene rings is 2. The van der Waals surface area contributed by atoms with Crippen molar-refractivity contribution in [1.82, 2.24) is 9.29 Å². The van der Waals surface area contributed by atoms with Crippen molar-refractivity contribution < 1.29 is 22.6 Å². The molecule has 0 spiro atoms. The Morgan fingerprint density at radius 3 is 2.19 bits per heavy atom. The molecule has 1 aliphatic heterocycles. The number of para-hydroxylation sites is 1. The molecule has 4 rings (SSSR count). The number of anilines is 1. The van der Waals surface area contributed by atoms with Crippen molar-refractivity contribution in [1.29, 1.82) is 0 Å². The van der Waals surface area contributed by atoms with Gasteiger partial charge in [-0.1, -0.05) is 12.1 Å². The summed E-state index contributed by atoms with van der Waals surface area (Å²) in [7, 11) is 0.991. The summed E-state index contributed by atoms with van der Waals surface area (Å²) in [6.45, 7) is 3.85. The molecule has 0 bridgehead atoms. The van der Waals surface area contributed by atoms with Gasteiger partial charge in [-0.2, -0.15) is 4.31 Å². The molecule has 9 heteroatoms. The van der Waals surface area contributed by atoms with E-state index in [1.165, 1.54) is 24.6 Å². The minimum Gasteiger partial charge on any atom is -0.494 e. The lowest BCUT2D eigenvalue weighted by atomic mass is 10.1. The van der Waals surface area contributed by atoms with Crippen molar-refractivity contribution in [3.8, 4) is 17.2 Å². The average molecular weight is 458 g/mol. The van der Waals surface area contributed by atoms with Gasteiger partial charge in [0.15, 0.2) is 11.5 Å². The van der Waals surface area contributed by atoms with Crippen LogP contribution in [0.1, 0.15) is 5.56 Å². The number of sulfonamides is 1. The number of aryl methyl sites for hydroxylation is 1. The molecule has 2 aromatic carbocycles. The van der Waals surface area contributed by atoms with Gasteiger partial charge in [0.2, 0.25) is 10.0 Å². The molecule has 0 atom stereocenters. The maximum atomic E-state index is 13.2. The van der Waals surface area contributed by atoms with E-state index in [1.807, 2.05) is 31.2 Å². The monoisotopic (exact) mass is 457 g/mol. The van der Waals surface area contributed by atoms with E-state index in [1.54, 1.807) is 19.2 Å². The number of hydrogen-bond donors (Lipinski definition) is 0. The fourth-order valence-corrected chi connectivity index (χ4v) is 5.42. The Morgan fingerprint density at radius 2 is 1.53 bits per heavy atom. The van der Waals surface area contributed by atoms with E-state index in [0.717, 1.165) is 28.0 Å². The zero-order valence-corrected chi connectivity index (χ0v) is 19.5. The van der Waals surface area contributed by atoms with E-state index in [0.29, 0.717) is 37.7 Å². The van der Waals surface area contributed by atoms with Gasteiger partial charge in [0.25, 0.3) is 0 Å². The highest BCUT2D eigenvalue weighted by Gasteiger charge is 2.30. The molecule has 0 aliphatic carbocycles. The van der Waals surface area contributed by atoms with Crippen molar-refractivity contribution in [3.63, 3.8) is 0 Å². The maximum absolute atomic E-state index is 13.2.